The number of aliphatic carboxylic acids is 1. The molecule has 3 saturated carbocycles. The number of carbonyl (C=O) groups is 2. The average molecular weight is 423 g/mol. The van der Waals surface area contributed by atoms with E-state index in [0.29, 0.717) is 25.6 Å². The molecule has 29 heavy (non-hydrogen) atoms. The molecule has 0 aromatic rings. The third kappa shape index (κ3) is 2.36. The van der Waals surface area contributed by atoms with E-state index in [4.69, 9.17) is 16.3 Å². The number of unbranched alkanes of at least 4 members (excludes halogenated alkanes) is 1. The maximum absolute atomic E-state index is 13.2. The van der Waals surface area contributed by atoms with Gasteiger partial charge in [-0.3, -0.25) is 4.79 Å². The Morgan fingerprint density at radius 3 is 2.72 bits per heavy atom. The Labute approximate surface area is 179 Å². The summed E-state index contributed by atoms with van der Waals surface area (Å²) >= 11 is 6.70. The van der Waals surface area contributed by atoms with Crippen molar-refractivity contribution in [2.24, 2.45) is 45.8 Å². The fourth-order valence-electron chi connectivity index (χ4n) is 8.07. The van der Waals surface area contributed by atoms with Gasteiger partial charge in [0.15, 0.2) is 0 Å². The molecule has 0 radical (unpaired) electrons. The van der Waals surface area contributed by atoms with Gasteiger partial charge in [-0.15, -0.1) is 11.6 Å². The van der Waals surface area contributed by atoms with Gasteiger partial charge in [-0.1, -0.05) is 45.8 Å². The van der Waals surface area contributed by atoms with Crippen LogP contribution in [0.3, 0.4) is 0 Å². The highest BCUT2D eigenvalue weighted by atomic mass is 35.5. The SMILES string of the molecule is CCCCOCC12CC3C(C[C@@H](Cl)[C@H]3C)[C@@]3(C=O)C[C@H]1C=C(C(C)C)[C@]23C(=O)O. The van der Waals surface area contributed by atoms with Crippen LogP contribution in [0.2, 0.25) is 0 Å². The molecule has 4 bridgehead atoms. The lowest BCUT2D eigenvalue weighted by atomic mass is 9.43. The van der Waals surface area contributed by atoms with E-state index in [1.54, 1.807) is 0 Å². The lowest BCUT2D eigenvalue weighted by molar-refractivity contribution is -0.186. The van der Waals surface area contributed by atoms with Gasteiger partial charge in [0.25, 0.3) is 0 Å². The van der Waals surface area contributed by atoms with E-state index in [-0.39, 0.29) is 29.0 Å². The fraction of sp³-hybridized carbons (Fsp3) is 0.833. The quantitative estimate of drug-likeness (QED) is 0.260. The minimum atomic E-state index is -1.16. The Morgan fingerprint density at radius 1 is 1.41 bits per heavy atom. The molecule has 0 heterocycles. The fourth-order valence-corrected chi connectivity index (χ4v) is 8.45. The van der Waals surface area contributed by atoms with Crippen LogP contribution < -0.4 is 0 Å². The molecule has 3 fully saturated rings. The van der Waals surface area contributed by atoms with Crippen LogP contribution in [0.4, 0.5) is 0 Å². The first kappa shape index (κ1) is 21.4. The maximum atomic E-state index is 13.2. The second-order valence-corrected chi connectivity index (χ2v) is 11.0. The summed E-state index contributed by atoms with van der Waals surface area (Å²) in [6, 6.07) is 0. The first-order valence-corrected chi connectivity index (χ1v) is 11.8. The second kappa shape index (κ2) is 7.09. The van der Waals surface area contributed by atoms with Crippen LogP contribution in [0, 0.1) is 45.8 Å². The van der Waals surface area contributed by atoms with Gasteiger partial charge in [0, 0.05) is 17.4 Å². The monoisotopic (exact) mass is 422 g/mol. The molecule has 0 aliphatic heterocycles. The van der Waals surface area contributed by atoms with Crippen LogP contribution in [-0.4, -0.2) is 36.0 Å². The number of hydrogen-bond acceptors (Lipinski definition) is 3. The smallest absolute Gasteiger partial charge is 0.315 e. The van der Waals surface area contributed by atoms with Gasteiger partial charge in [-0.2, -0.15) is 0 Å². The number of rotatable bonds is 8. The summed E-state index contributed by atoms with van der Waals surface area (Å²) in [5.41, 5.74) is -1.61. The van der Waals surface area contributed by atoms with Crippen LogP contribution in [-0.2, 0) is 14.3 Å². The van der Waals surface area contributed by atoms with Crippen molar-refractivity contribution in [2.45, 2.75) is 65.2 Å². The Hall–Kier alpha value is -0.870. The molecule has 162 valence electrons. The number of carboxylic acid groups (broad SMARTS) is 1. The van der Waals surface area contributed by atoms with Crippen LogP contribution >= 0.6 is 11.6 Å². The van der Waals surface area contributed by atoms with E-state index in [2.05, 4.69) is 33.8 Å². The molecule has 1 N–H and O–H groups in total. The second-order valence-electron chi connectivity index (χ2n) is 10.4. The van der Waals surface area contributed by atoms with Gasteiger partial charge >= 0.3 is 5.97 Å². The standard InChI is InChI=1S/C24H35ClO4/c1-5-6-7-29-13-23-11-17-15(4)20(25)9-19(17)22(12-26)10-16(23)8-18(14(2)3)24(22,23)21(27)28/h8,12,14-17,19-20H,5-7,9-11,13H2,1-4H3,(H,27,28)/t15-,16+,17?,19?,20+,22-,23?,24+/m0/s1. The number of aldehydes is 1. The summed E-state index contributed by atoms with van der Waals surface area (Å²) in [4.78, 5) is 26.1. The molecule has 3 unspecified atom stereocenters. The summed E-state index contributed by atoms with van der Waals surface area (Å²) in [7, 11) is 0. The molecular weight excluding hydrogens is 388 g/mol. The van der Waals surface area contributed by atoms with Gasteiger partial charge in [0.05, 0.1) is 12.0 Å². The van der Waals surface area contributed by atoms with Gasteiger partial charge in [0.1, 0.15) is 11.7 Å². The van der Waals surface area contributed by atoms with Crippen molar-refractivity contribution in [3.63, 3.8) is 0 Å². The minimum absolute atomic E-state index is 0.00934. The van der Waals surface area contributed by atoms with Crippen molar-refractivity contribution in [3.05, 3.63) is 11.6 Å². The molecule has 0 saturated heterocycles. The minimum Gasteiger partial charge on any atom is -0.481 e. The lowest BCUT2D eigenvalue weighted by Gasteiger charge is -2.58. The molecule has 5 heteroatoms. The summed E-state index contributed by atoms with van der Waals surface area (Å²) in [5.74, 6) is -0.0167. The number of ether oxygens (including phenoxy) is 1. The first-order chi connectivity index (χ1) is 13.7. The van der Waals surface area contributed by atoms with Crippen molar-refractivity contribution in [2.75, 3.05) is 13.2 Å². The van der Waals surface area contributed by atoms with Crippen molar-refractivity contribution in [1.29, 1.82) is 0 Å². The van der Waals surface area contributed by atoms with Crippen LogP contribution in [0.1, 0.15) is 59.8 Å². The number of halogens is 1. The highest BCUT2D eigenvalue weighted by molar-refractivity contribution is 6.21. The molecule has 0 aromatic carbocycles. The summed E-state index contributed by atoms with van der Waals surface area (Å²) < 4.78 is 6.17. The zero-order valence-corrected chi connectivity index (χ0v) is 18.9. The van der Waals surface area contributed by atoms with E-state index in [1.807, 2.05) is 0 Å². The molecule has 0 amide bonds. The Balaban J connectivity index is 1.89. The van der Waals surface area contributed by atoms with Gasteiger partial charge in [-0.05, 0) is 55.3 Å². The molecule has 4 aliphatic carbocycles. The normalized spacial score (nSPS) is 47.4. The van der Waals surface area contributed by atoms with Crippen LogP contribution in [0.5, 0.6) is 0 Å². The first-order valence-electron chi connectivity index (χ1n) is 11.4. The molecule has 4 aliphatic rings. The lowest BCUT2D eigenvalue weighted by Crippen LogP contribution is -2.63. The third-order valence-electron chi connectivity index (χ3n) is 9.18. The summed E-state index contributed by atoms with van der Waals surface area (Å²) in [6.07, 6.45) is 7.44. The number of fused-ring (bicyclic) bond motifs is 2. The highest BCUT2D eigenvalue weighted by Crippen LogP contribution is 2.82. The van der Waals surface area contributed by atoms with Crippen molar-refractivity contribution < 1.29 is 19.4 Å². The molecule has 4 rings (SSSR count). The van der Waals surface area contributed by atoms with Gasteiger partial charge in [0.2, 0.25) is 0 Å². The van der Waals surface area contributed by atoms with Crippen molar-refractivity contribution >= 4 is 23.9 Å². The number of allylic oxidation sites excluding steroid dienone is 1. The summed E-state index contributed by atoms with van der Waals surface area (Å²) in [5, 5.41) is 10.9. The highest BCUT2D eigenvalue weighted by Gasteiger charge is 2.84. The Bertz CT molecular complexity index is 732. The number of alkyl halides is 1. The predicted molar refractivity (Wildman–Crippen MR) is 113 cm³/mol. The number of carboxylic acids is 1. The van der Waals surface area contributed by atoms with E-state index in [0.717, 1.165) is 37.5 Å². The number of carbonyl (C=O) groups excluding carboxylic acids is 1. The predicted octanol–water partition coefficient (Wildman–Crippen LogP) is 4.95. The van der Waals surface area contributed by atoms with Crippen molar-refractivity contribution in [1.82, 2.24) is 0 Å². The number of hydrogen-bond donors (Lipinski definition) is 1. The molecule has 0 spiro atoms. The summed E-state index contributed by atoms with van der Waals surface area (Å²) in [6.45, 7) is 9.51. The molecule has 0 aromatic heterocycles. The maximum Gasteiger partial charge on any atom is 0.315 e. The Kier molecular flexibility index (Phi) is 5.22. The topological polar surface area (TPSA) is 63.6 Å². The van der Waals surface area contributed by atoms with E-state index < -0.39 is 22.2 Å². The third-order valence-corrected chi connectivity index (χ3v) is 9.76. The van der Waals surface area contributed by atoms with Gasteiger partial charge < -0.3 is 14.6 Å². The molecular formula is C24H35ClO4. The zero-order chi connectivity index (χ0) is 21.2. The van der Waals surface area contributed by atoms with Crippen molar-refractivity contribution in [3.8, 4) is 0 Å². The molecule has 4 nitrogen and oxygen atoms in total. The van der Waals surface area contributed by atoms with E-state index in [9.17, 15) is 14.7 Å². The van der Waals surface area contributed by atoms with E-state index >= 15 is 0 Å². The van der Waals surface area contributed by atoms with Gasteiger partial charge in [-0.25, -0.2) is 0 Å². The molecule has 8 atom stereocenters. The van der Waals surface area contributed by atoms with E-state index in [1.165, 1.54) is 0 Å². The zero-order valence-electron chi connectivity index (χ0n) is 18.1. The average Bonchev–Trinajstić information content (AvgIpc) is 3.20. The van der Waals surface area contributed by atoms with Crippen LogP contribution in [0.15, 0.2) is 11.6 Å². The Morgan fingerprint density at radius 2 is 2.14 bits per heavy atom. The largest absolute Gasteiger partial charge is 0.481 e. The van der Waals surface area contributed by atoms with Crippen LogP contribution in [0.25, 0.3) is 0 Å².